The van der Waals surface area contributed by atoms with Gasteiger partial charge in [-0.15, -0.1) is 9.24 Å². The molecule has 0 spiro atoms. The van der Waals surface area contributed by atoms with Gasteiger partial charge in [0.2, 0.25) is 0 Å². The van der Waals surface area contributed by atoms with Crippen LogP contribution in [0.3, 0.4) is 0 Å². The number of esters is 1. The van der Waals surface area contributed by atoms with Crippen LogP contribution in [0.2, 0.25) is 0 Å². The van der Waals surface area contributed by atoms with Gasteiger partial charge in [0, 0.05) is 0 Å². The lowest BCUT2D eigenvalue weighted by atomic mass is 10.0. The lowest BCUT2D eigenvalue weighted by molar-refractivity contribution is -0.143. The molecule has 0 saturated heterocycles. The Balaban J connectivity index is 0. The highest BCUT2D eigenvalue weighted by molar-refractivity contribution is 7.80. The molecule has 0 amide bonds. The van der Waals surface area contributed by atoms with Crippen molar-refractivity contribution in [2.75, 3.05) is 14.2 Å². The minimum atomic E-state index is -4.16. The molecule has 0 saturated carbocycles. The molecule has 1 N–H and O–H groups in total. The largest absolute Gasteiger partial charge is 0.468 e. The molecule has 8 heteroatoms. The van der Waals surface area contributed by atoms with Crippen molar-refractivity contribution in [3.05, 3.63) is 0 Å². The highest BCUT2D eigenvalue weighted by atomic mass is 32.3. The van der Waals surface area contributed by atoms with E-state index in [2.05, 4.69) is 20.3 Å². The average molecular weight is 415 g/mol. The number of hydrogen-bond donors (Lipinski definition) is 1. The topological polar surface area (TPSA) is 89.9 Å². The summed E-state index contributed by atoms with van der Waals surface area (Å²) in [5.41, 5.74) is 0. The van der Waals surface area contributed by atoms with Gasteiger partial charge in [0.1, 0.15) is 0 Å². The Morgan fingerprint density at radius 1 is 0.923 bits per heavy atom. The van der Waals surface area contributed by atoms with E-state index in [1.54, 1.807) is 0 Å². The van der Waals surface area contributed by atoms with E-state index in [0.29, 0.717) is 0 Å². The molecular weight excluding hydrogens is 375 g/mol. The van der Waals surface area contributed by atoms with Crippen LogP contribution in [0.5, 0.6) is 0 Å². The zero-order valence-electron chi connectivity index (χ0n) is 17.0. The third-order valence-corrected chi connectivity index (χ3v) is 5.11. The van der Waals surface area contributed by atoms with E-state index in [-0.39, 0.29) is 5.97 Å². The van der Waals surface area contributed by atoms with Gasteiger partial charge in [-0.25, -0.2) is 0 Å². The first-order chi connectivity index (χ1) is 12.1. The van der Waals surface area contributed by atoms with Crippen molar-refractivity contribution in [1.29, 1.82) is 0 Å². The first-order valence-electron chi connectivity index (χ1n) is 9.51. The van der Waals surface area contributed by atoms with Gasteiger partial charge in [-0.05, 0) is 13.3 Å². The van der Waals surface area contributed by atoms with Crippen molar-refractivity contribution in [2.45, 2.75) is 96.1 Å². The summed E-state index contributed by atoms with van der Waals surface area (Å²) >= 11 is 0. The molecule has 0 aromatic carbocycles. The molecule has 6 nitrogen and oxygen atoms in total. The number of rotatable bonds is 14. The quantitative estimate of drug-likeness (QED) is 0.188. The smallest absolute Gasteiger partial charge is 0.397 e. The van der Waals surface area contributed by atoms with Gasteiger partial charge < -0.3 is 4.74 Å². The monoisotopic (exact) mass is 414 g/mol. The lowest BCUT2D eigenvalue weighted by Gasteiger charge is -2.20. The molecule has 0 aliphatic heterocycles. The summed E-state index contributed by atoms with van der Waals surface area (Å²) in [6.07, 6.45) is 15.6. The molecule has 0 rings (SSSR count). The molecule has 0 aliphatic rings. The van der Waals surface area contributed by atoms with Gasteiger partial charge in [0.15, 0.2) is 0 Å². The van der Waals surface area contributed by atoms with E-state index in [1.807, 2.05) is 6.92 Å². The third kappa shape index (κ3) is 20.1. The van der Waals surface area contributed by atoms with E-state index < -0.39 is 15.6 Å². The van der Waals surface area contributed by atoms with Crippen LogP contribution in [-0.4, -0.2) is 38.3 Å². The van der Waals surface area contributed by atoms with Crippen LogP contribution in [0.4, 0.5) is 0 Å². The van der Waals surface area contributed by atoms with E-state index in [0.717, 1.165) is 20.0 Å². The molecule has 0 bridgehead atoms. The molecule has 0 heterocycles. The number of carbonyl (C=O) groups is 1. The Morgan fingerprint density at radius 3 is 1.58 bits per heavy atom. The first-order valence-corrected chi connectivity index (χ1v) is 11.4. The average Bonchev–Trinajstić information content (AvgIpc) is 2.58. The third-order valence-electron chi connectivity index (χ3n) is 4.16. The molecule has 158 valence electrons. The number of hydrogen-bond acceptors (Lipinski definition) is 5. The highest BCUT2D eigenvalue weighted by Gasteiger charge is 2.27. The molecule has 0 aromatic heterocycles. The molecule has 2 unspecified atom stereocenters. The van der Waals surface area contributed by atoms with Crippen LogP contribution in [-0.2, 0) is 24.1 Å². The summed E-state index contributed by atoms with van der Waals surface area (Å²) in [6, 6.07) is 0. The van der Waals surface area contributed by atoms with Crippen LogP contribution in [0, 0.1) is 0 Å². The predicted molar refractivity (Wildman–Crippen MR) is 110 cm³/mol. The van der Waals surface area contributed by atoms with Gasteiger partial charge in [-0.1, -0.05) is 77.6 Å². The van der Waals surface area contributed by atoms with Gasteiger partial charge >= 0.3 is 16.4 Å². The van der Waals surface area contributed by atoms with E-state index in [4.69, 9.17) is 9.29 Å². The zero-order chi connectivity index (χ0) is 20.5. The van der Waals surface area contributed by atoms with Crippen LogP contribution < -0.4 is 0 Å². The van der Waals surface area contributed by atoms with E-state index in [9.17, 15) is 13.2 Å². The molecule has 0 fully saturated rings. The number of carbonyl (C=O) groups excluding carboxylic acids is 1. The maximum Gasteiger partial charge on any atom is 0.397 e. The predicted octanol–water partition coefficient (Wildman–Crippen LogP) is 4.93. The van der Waals surface area contributed by atoms with Crippen LogP contribution in [0.1, 0.15) is 90.9 Å². The Bertz CT molecular complexity index is 437. The highest BCUT2D eigenvalue weighted by Crippen LogP contribution is 2.26. The Hall–Kier alpha value is -0.230. The van der Waals surface area contributed by atoms with Crippen molar-refractivity contribution in [3.8, 4) is 0 Å². The summed E-state index contributed by atoms with van der Waals surface area (Å²) in [6.45, 7) is 4.21. The maximum atomic E-state index is 11.5. The molecule has 0 radical (unpaired) electrons. The summed E-state index contributed by atoms with van der Waals surface area (Å²) in [5.74, 6) is -0.116. The van der Waals surface area contributed by atoms with Crippen molar-refractivity contribution in [2.24, 2.45) is 0 Å². The van der Waals surface area contributed by atoms with Crippen molar-refractivity contribution >= 4 is 25.6 Å². The fourth-order valence-electron chi connectivity index (χ4n) is 2.49. The molecular formula is C18H39O6PS. The lowest BCUT2D eigenvalue weighted by Crippen LogP contribution is -2.29. The second kappa shape index (κ2) is 16.9. The fraction of sp³-hybridized carbons (Fsp3) is 0.944. The number of ether oxygens (including phenoxy) is 1. The minimum Gasteiger partial charge on any atom is -0.468 e. The number of unbranched alkanes of at least 4 members (excludes halogenated alkanes) is 10. The SMILES string of the molecule is CCCCCCCCCCCCCC(C)(P)C(=O)OC.COS(=O)(=O)O. The Labute approximate surface area is 163 Å². The number of methoxy groups -OCH3 is 1. The minimum absolute atomic E-state index is 0.116. The molecule has 2 atom stereocenters. The van der Waals surface area contributed by atoms with Crippen LogP contribution >= 0.6 is 9.24 Å². The second-order valence-corrected chi connectivity index (χ2v) is 9.25. The molecule has 0 aliphatic carbocycles. The summed E-state index contributed by atoms with van der Waals surface area (Å²) in [7, 11) is 0.809. The van der Waals surface area contributed by atoms with Crippen molar-refractivity contribution < 1.29 is 26.7 Å². The normalized spacial score (nSPS) is 13.5. The first kappa shape index (κ1) is 28.0. The maximum absolute atomic E-state index is 11.5. The molecule has 0 aromatic rings. The van der Waals surface area contributed by atoms with Crippen LogP contribution in [0.25, 0.3) is 0 Å². The van der Waals surface area contributed by atoms with E-state index in [1.165, 1.54) is 71.3 Å². The summed E-state index contributed by atoms with van der Waals surface area (Å²) in [4.78, 5) is 11.5. The summed E-state index contributed by atoms with van der Waals surface area (Å²) < 4.78 is 34.5. The van der Waals surface area contributed by atoms with Gasteiger partial charge in [-0.2, -0.15) is 8.42 Å². The van der Waals surface area contributed by atoms with Crippen LogP contribution in [0.15, 0.2) is 0 Å². The summed E-state index contributed by atoms with van der Waals surface area (Å²) in [5, 5.41) is -0.395. The molecule has 26 heavy (non-hydrogen) atoms. The van der Waals surface area contributed by atoms with Gasteiger partial charge in [0.05, 0.1) is 19.4 Å². The van der Waals surface area contributed by atoms with Crippen molar-refractivity contribution in [3.63, 3.8) is 0 Å². The second-order valence-electron chi connectivity index (χ2n) is 6.79. The Morgan fingerprint density at radius 2 is 1.27 bits per heavy atom. The zero-order valence-corrected chi connectivity index (χ0v) is 18.9. The van der Waals surface area contributed by atoms with Gasteiger partial charge in [0.25, 0.3) is 0 Å². The fourth-order valence-corrected chi connectivity index (χ4v) is 2.81. The van der Waals surface area contributed by atoms with E-state index >= 15 is 0 Å². The standard InChI is InChI=1S/C17H35O2P.CH4O4S/c1-4-5-6-7-8-9-10-11-12-13-14-15-17(2,20)16(18)19-3;1-5-6(2,3)4/h4-15,20H2,1-3H3;1H3,(H,2,3,4). The Kier molecular flexibility index (Phi) is 18.2. The van der Waals surface area contributed by atoms with Crippen molar-refractivity contribution in [1.82, 2.24) is 0 Å². The van der Waals surface area contributed by atoms with Gasteiger partial charge in [-0.3, -0.25) is 13.5 Å².